The molecule has 1 fully saturated rings. The molecular weight excluding hydrogens is 140 g/mol. The van der Waals surface area contributed by atoms with E-state index in [1.54, 1.807) is 11.9 Å². The van der Waals surface area contributed by atoms with E-state index >= 15 is 0 Å². The van der Waals surface area contributed by atoms with Gasteiger partial charge in [0.05, 0.1) is 6.54 Å². The Morgan fingerprint density at radius 3 is 2.91 bits per heavy atom. The Bertz CT molecular complexity index is 191. The summed E-state index contributed by atoms with van der Waals surface area (Å²) >= 11 is 0. The van der Waals surface area contributed by atoms with Gasteiger partial charge in [0.25, 0.3) is 0 Å². The van der Waals surface area contributed by atoms with E-state index in [0.29, 0.717) is 12.6 Å². The molecule has 2 amide bonds. The van der Waals surface area contributed by atoms with Gasteiger partial charge in [-0.1, -0.05) is 5.92 Å². The van der Waals surface area contributed by atoms with Gasteiger partial charge in [-0.15, -0.1) is 6.42 Å². The van der Waals surface area contributed by atoms with E-state index < -0.39 is 0 Å². The number of hydrogen-bond donors (Lipinski definition) is 1. The van der Waals surface area contributed by atoms with Crippen molar-refractivity contribution in [2.75, 3.05) is 13.6 Å². The molecule has 0 spiro atoms. The van der Waals surface area contributed by atoms with Crippen molar-refractivity contribution >= 4 is 6.03 Å². The lowest BCUT2D eigenvalue weighted by Gasteiger charge is -2.15. The second-order valence-electron chi connectivity index (χ2n) is 2.70. The second kappa shape index (κ2) is 3.29. The first-order valence-corrected chi connectivity index (χ1v) is 3.70. The normalized spacial score (nSPS) is 15.3. The Balaban J connectivity index is 2.23. The molecule has 1 saturated carbocycles. The highest BCUT2D eigenvalue weighted by Gasteiger charge is 2.29. The van der Waals surface area contributed by atoms with Crippen molar-refractivity contribution in [3.05, 3.63) is 0 Å². The van der Waals surface area contributed by atoms with Gasteiger partial charge in [0.2, 0.25) is 0 Å². The standard InChI is InChI=1S/C8H12N2O/c1-3-6-9-8(11)10(2)7-4-5-7/h1,7H,4-6H2,2H3,(H,9,11). The van der Waals surface area contributed by atoms with Crippen molar-refractivity contribution in [2.24, 2.45) is 0 Å². The van der Waals surface area contributed by atoms with Gasteiger partial charge < -0.3 is 10.2 Å². The van der Waals surface area contributed by atoms with Crippen LogP contribution < -0.4 is 5.32 Å². The van der Waals surface area contributed by atoms with E-state index in [1.807, 2.05) is 0 Å². The monoisotopic (exact) mass is 152 g/mol. The molecule has 11 heavy (non-hydrogen) atoms. The van der Waals surface area contributed by atoms with Crippen LogP contribution in [0.25, 0.3) is 0 Å². The lowest BCUT2D eigenvalue weighted by atomic mass is 10.6. The fraction of sp³-hybridized carbons (Fsp3) is 0.625. The Morgan fingerprint density at radius 2 is 2.45 bits per heavy atom. The minimum absolute atomic E-state index is 0.0644. The van der Waals surface area contributed by atoms with Crippen LogP contribution in [0.4, 0.5) is 4.79 Å². The summed E-state index contributed by atoms with van der Waals surface area (Å²) < 4.78 is 0. The highest BCUT2D eigenvalue weighted by atomic mass is 16.2. The van der Waals surface area contributed by atoms with Crippen LogP contribution in [0.15, 0.2) is 0 Å². The Hall–Kier alpha value is -1.17. The number of terminal acetylenes is 1. The van der Waals surface area contributed by atoms with Crippen LogP contribution in [0.1, 0.15) is 12.8 Å². The van der Waals surface area contributed by atoms with E-state index in [2.05, 4.69) is 11.2 Å². The maximum atomic E-state index is 11.1. The van der Waals surface area contributed by atoms with Gasteiger partial charge in [-0.05, 0) is 12.8 Å². The topological polar surface area (TPSA) is 32.3 Å². The van der Waals surface area contributed by atoms with Crippen LogP contribution in [-0.4, -0.2) is 30.6 Å². The number of urea groups is 1. The molecule has 0 aromatic rings. The van der Waals surface area contributed by atoms with Crippen molar-refractivity contribution < 1.29 is 4.79 Å². The maximum Gasteiger partial charge on any atom is 0.318 e. The molecule has 1 rings (SSSR count). The molecular formula is C8H12N2O. The number of carbonyl (C=O) groups excluding carboxylic acids is 1. The SMILES string of the molecule is C#CCNC(=O)N(C)C1CC1. The molecule has 1 N–H and O–H groups in total. The van der Waals surface area contributed by atoms with Gasteiger partial charge in [-0.25, -0.2) is 4.79 Å². The fourth-order valence-corrected chi connectivity index (χ4v) is 0.879. The van der Waals surface area contributed by atoms with Gasteiger partial charge in [-0.2, -0.15) is 0 Å². The minimum Gasteiger partial charge on any atom is -0.327 e. The summed E-state index contributed by atoms with van der Waals surface area (Å²) in [4.78, 5) is 12.8. The van der Waals surface area contributed by atoms with Gasteiger partial charge >= 0.3 is 6.03 Å². The van der Waals surface area contributed by atoms with E-state index in [4.69, 9.17) is 6.42 Å². The van der Waals surface area contributed by atoms with Crippen LogP contribution in [0.5, 0.6) is 0 Å². The number of carbonyl (C=O) groups is 1. The molecule has 0 atom stereocenters. The highest BCUT2D eigenvalue weighted by molar-refractivity contribution is 5.74. The second-order valence-corrected chi connectivity index (χ2v) is 2.70. The minimum atomic E-state index is -0.0644. The number of nitrogens with zero attached hydrogens (tertiary/aromatic N) is 1. The predicted octanol–water partition coefficient (Wildman–Crippen LogP) is 0.423. The molecule has 0 bridgehead atoms. The average Bonchev–Trinajstić information content (AvgIpc) is 2.81. The number of amides is 2. The fourth-order valence-electron chi connectivity index (χ4n) is 0.879. The number of nitrogens with one attached hydrogen (secondary N) is 1. The Kier molecular flexibility index (Phi) is 2.37. The van der Waals surface area contributed by atoms with Crippen molar-refractivity contribution in [1.29, 1.82) is 0 Å². The van der Waals surface area contributed by atoms with Crippen LogP contribution in [0, 0.1) is 12.3 Å². The molecule has 60 valence electrons. The van der Waals surface area contributed by atoms with Gasteiger partial charge in [0.1, 0.15) is 0 Å². The van der Waals surface area contributed by atoms with Crippen LogP contribution in [0.3, 0.4) is 0 Å². The van der Waals surface area contributed by atoms with Crippen LogP contribution in [0.2, 0.25) is 0 Å². The third-order valence-corrected chi connectivity index (χ3v) is 1.76. The Morgan fingerprint density at radius 1 is 1.82 bits per heavy atom. The van der Waals surface area contributed by atoms with E-state index in [9.17, 15) is 4.79 Å². The van der Waals surface area contributed by atoms with E-state index in [-0.39, 0.29) is 6.03 Å². The summed E-state index contributed by atoms with van der Waals surface area (Å²) in [6.07, 6.45) is 7.24. The lowest BCUT2D eigenvalue weighted by Crippen LogP contribution is -2.38. The van der Waals surface area contributed by atoms with Gasteiger partial charge in [-0.3, -0.25) is 0 Å². The molecule has 0 radical (unpaired) electrons. The van der Waals surface area contributed by atoms with Crippen LogP contribution in [-0.2, 0) is 0 Å². The molecule has 0 aliphatic heterocycles. The van der Waals surface area contributed by atoms with Gasteiger partial charge in [0, 0.05) is 13.1 Å². The van der Waals surface area contributed by atoms with Gasteiger partial charge in [0.15, 0.2) is 0 Å². The van der Waals surface area contributed by atoms with Crippen molar-refractivity contribution in [3.63, 3.8) is 0 Å². The third-order valence-electron chi connectivity index (χ3n) is 1.76. The zero-order chi connectivity index (χ0) is 8.27. The number of rotatable bonds is 2. The average molecular weight is 152 g/mol. The first-order valence-electron chi connectivity index (χ1n) is 3.70. The van der Waals surface area contributed by atoms with E-state index in [1.165, 1.54) is 0 Å². The lowest BCUT2D eigenvalue weighted by molar-refractivity contribution is 0.208. The molecule has 3 nitrogen and oxygen atoms in total. The summed E-state index contributed by atoms with van der Waals surface area (Å²) in [5.74, 6) is 2.35. The van der Waals surface area contributed by atoms with Crippen molar-refractivity contribution in [1.82, 2.24) is 10.2 Å². The molecule has 1 aliphatic carbocycles. The zero-order valence-corrected chi connectivity index (χ0v) is 6.63. The quantitative estimate of drug-likeness (QED) is 0.571. The molecule has 0 heterocycles. The first kappa shape index (κ1) is 7.93. The zero-order valence-electron chi connectivity index (χ0n) is 6.63. The first-order chi connectivity index (χ1) is 5.25. The summed E-state index contributed by atoms with van der Waals surface area (Å²) in [5.41, 5.74) is 0. The Labute approximate surface area is 66.8 Å². The molecule has 0 unspecified atom stereocenters. The smallest absolute Gasteiger partial charge is 0.318 e. The number of hydrogen-bond acceptors (Lipinski definition) is 1. The van der Waals surface area contributed by atoms with Crippen LogP contribution >= 0.6 is 0 Å². The summed E-state index contributed by atoms with van der Waals surface area (Å²) in [5, 5.41) is 2.60. The molecule has 0 saturated heterocycles. The highest BCUT2D eigenvalue weighted by Crippen LogP contribution is 2.24. The molecule has 1 aliphatic rings. The maximum absolute atomic E-state index is 11.1. The summed E-state index contributed by atoms with van der Waals surface area (Å²) in [6, 6.07) is 0.387. The summed E-state index contributed by atoms with van der Waals surface area (Å²) in [6.45, 7) is 0.315. The van der Waals surface area contributed by atoms with Crippen molar-refractivity contribution in [2.45, 2.75) is 18.9 Å². The third kappa shape index (κ3) is 2.15. The molecule has 0 aromatic heterocycles. The molecule has 3 heteroatoms. The largest absolute Gasteiger partial charge is 0.327 e. The van der Waals surface area contributed by atoms with E-state index in [0.717, 1.165) is 12.8 Å². The summed E-state index contributed by atoms with van der Waals surface area (Å²) in [7, 11) is 1.80. The predicted molar refractivity (Wildman–Crippen MR) is 43.0 cm³/mol. The molecule has 0 aromatic carbocycles. The van der Waals surface area contributed by atoms with Crippen molar-refractivity contribution in [3.8, 4) is 12.3 Å².